The van der Waals surface area contributed by atoms with Gasteiger partial charge in [0.05, 0.1) is 0 Å². The second-order valence-electron chi connectivity index (χ2n) is 7.66. The van der Waals surface area contributed by atoms with Crippen molar-refractivity contribution in [1.82, 2.24) is 9.13 Å². The third-order valence-electron chi connectivity index (χ3n) is 5.91. The van der Waals surface area contributed by atoms with Gasteiger partial charge >= 0.3 is 0 Å². The smallest absolute Gasteiger partial charge is 0.0480 e. The van der Waals surface area contributed by atoms with E-state index in [1.54, 1.807) is 0 Å². The van der Waals surface area contributed by atoms with Crippen molar-refractivity contribution in [2.45, 2.75) is 12.3 Å². The quantitative estimate of drug-likeness (QED) is 0.368. The number of para-hydroxylation sites is 2. The molecule has 0 amide bonds. The van der Waals surface area contributed by atoms with Gasteiger partial charge in [-0.1, -0.05) is 66.7 Å². The van der Waals surface area contributed by atoms with Gasteiger partial charge in [0, 0.05) is 54.2 Å². The van der Waals surface area contributed by atoms with E-state index in [1.165, 1.54) is 38.5 Å². The van der Waals surface area contributed by atoms with Crippen LogP contribution in [0.25, 0.3) is 21.8 Å². The van der Waals surface area contributed by atoms with E-state index in [-0.39, 0.29) is 0 Å². The molecule has 2 heterocycles. The molecule has 3 aromatic carbocycles. The molecule has 0 aliphatic heterocycles. The van der Waals surface area contributed by atoms with Crippen molar-refractivity contribution in [1.29, 1.82) is 0 Å². The monoisotopic (exact) mass is 364 g/mol. The standard InChI is InChI=1S/C26H24N2/c1-27-17-20(21-12-6-8-14-25(21)27)16-23(19-10-4-3-5-11-19)24-18-28(2)26-15-9-7-13-22(24)26/h3-15,17-18,23H,16H2,1-2H3. The topological polar surface area (TPSA) is 9.86 Å². The lowest BCUT2D eigenvalue weighted by atomic mass is 9.85. The molecule has 1 atom stereocenters. The van der Waals surface area contributed by atoms with Gasteiger partial charge < -0.3 is 9.13 Å². The number of fused-ring (bicyclic) bond motifs is 2. The predicted octanol–water partition coefficient (Wildman–Crippen LogP) is 6.04. The summed E-state index contributed by atoms with van der Waals surface area (Å²) in [6, 6.07) is 28.4. The zero-order chi connectivity index (χ0) is 19.1. The molecule has 0 spiro atoms. The second kappa shape index (κ2) is 6.72. The van der Waals surface area contributed by atoms with E-state index in [1.807, 2.05) is 0 Å². The lowest BCUT2D eigenvalue weighted by Crippen LogP contribution is -2.04. The first kappa shape index (κ1) is 16.9. The van der Waals surface area contributed by atoms with E-state index < -0.39 is 0 Å². The van der Waals surface area contributed by atoms with Crippen molar-refractivity contribution in [2.75, 3.05) is 0 Å². The predicted molar refractivity (Wildman–Crippen MR) is 118 cm³/mol. The van der Waals surface area contributed by atoms with Crippen molar-refractivity contribution in [3.63, 3.8) is 0 Å². The summed E-state index contributed by atoms with van der Waals surface area (Å²) in [5.74, 6) is 0.318. The van der Waals surface area contributed by atoms with Crippen LogP contribution in [0.15, 0.2) is 91.3 Å². The minimum absolute atomic E-state index is 0.318. The van der Waals surface area contributed by atoms with Crippen LogP contribution in [0.3, 0.4) is 0 Å². The van der Waals surface area contributed by atoms with E-state index >= 15 is 0 Å². The van der Waals surface area contributed by atoms with Gasteiger partial charge in [-0.2, -0.15) is 0 Å². The maximum Gasteiger partial charge on any atom is 0.0480 e. The molecule has 138 valence electrons. The van der Waals surface area contributed by atoms with E-state index in [9.17, 15) is 0 Å². The molecule has 5 aromatic rings. The van der Waals surface area contributed by atoms with Gasteiger partial charge in [-0.15, -0.1) is 0 Å². The first-order valence-electron chi connectivity index (χ1n) is 9.84. The fraction of sp³-hybridized carbons (Fsp3) is 0.154. The summed E-state index contributed by atoms with van der Waals surface area (Å²) < 4.78 is 4.50. The van der Waals surface area contributed by atoms with Gasteiger partial charge in [0.1, 0.15) is 0 Å². The van der Waals surface area contributed by atoms with E-state index in [0.29, 0.717) is 5.92 Å². The minimum atomic E-state index is 0.318. The highest BCUT2D eigenvalue weighted by Crippen LogP contribution is 2.36. The van der Waals surface area contributed by atoms with E-state index in [0.717, 1.165) is 6.42 Å². The Morgan fingerprint density at radius 1 is 0.643 bits per heavy atom. The summed E-state index contributed by atoms with van der Waals surface area (Å²) in [4.78, 5) is 0. The van der Waals surface area contributed by atoms with Crippen molar-refractivity contribution in [2.24, 2.45) is 14.1 Å². The molecule has 0 saturated heterocycles. The maximum atomic E-state index is 2.31. The minimum Gasteiger partial charge on any atom is -0.350 e. The highest BCUT2D eigenvalue weighted by atomic mass is 14.9. The average molecular weight is 364 g/mol. The Bertz CT molecular complexity index is 1260. The van der Waals surface area contributed by atoms with Crippen molar-refractivity contribution in [3.8, 4) is 0 Å². The van der Waals surface area contributed by atoms with Crippen molar-refractivity contribution < 1.29 is 0 Å². The van der Waals surface area contributed by atoms with Crippen LogP contribution in [-0.4, -0.2) is 9.13 Å². The molecule has 0 saturated carbocycles. The van der Waals surface area contributed by atoms with Gasteiger partial charge in [0.25, 0.3) is 0 Å². The molecule has 5 rings (SSSR count). The third-order valence-corrected chi connectivity index (χ3v) is 5.91. The summed E-state index contributed by atoms with van der Waals surface area (Å²) in [6.07, 6.45) is 5.60. The first-order valence-corrected chi connectivity index (χ1v) is 9.84. The Labute approximate surface area is 165 Å². The molecule has 0 radical (unpaired) electrons. The highest BCUT2D eigenvalue weighted by Gasteiger charge is 2.21. The SMILES string of the molecule is Cn1cc(CC(c2ccccc2)c2cn(C)c3ccccc23)c2ccccc21. The Morgan fingerprint density at radius 3 is 1.96 bits per heavy atom. The number of benzene rings is 3. The highest BCUT2D eigenvalue weighted by molar-refractivity contribution is 5.86. The number of nitrogens with zero attached hydrogens (tertiary/aromatic N) is 2. The summed E-state index contributed by atoms with van der Waals surface area (Å²) in [6.45, 7) is 0. The van der Waals surface area contributed by atoms with Crippen LogP contribution < -0.4 is 0 Å². The molecule has 0 aliphatic rings. The molecular weight excluding hydrogens is 340 g/mol. The molecule has 2 nitrogen and oxygen atoms in total. The van der Waals surface area contributed by atoms with Crippen LogP contribution in [0.1, 0.15) is 22.6 Å². The normalized spacial score (nSPS) is 12.6. The molecular formula is C26H24N2. The average Bonchev–Trinajstić information content (AvgIpc) is 3.24. The van der Waals surface area contributed by atoms with Gasteiger partial charge in [0.15, 0.2) is 0 Å². The summed E-state index contributed by atoms with van der Waals surface area (Å²) >= 11 is 0. The summed E-state index contributed by atoms with van der Waals surface area (Å²) in [5, 5.41) is 2.70. The molecule has 28 heavy (non-hydrogen) atoms. The second-order valence-corrected chi connectivity index (χ2v) is 7.66. The number of hydrogen-bond acceptors (Lipinski definition) is 0. The fourth-order valence-corrected chi connectivity index (χ4v) is 4.55. The zero-order valence-corrected chi connectivity index (χ0v) is 16.3. The number of hydrogen-bond donors (Lipinski definition) is 0. The number of aryl methyl sites for hydroxylation is 2. The van der Waals surface area contributed by atoms with Crippen LogP contribution >= 0.6 is 0 Å². The van der Waals surface area contributed by atoms with E-state index in [4.69, 9.17) is 0 Å². The Kier molecular flexibility index (Phi) is 4.05. The van der Waals surface area contributed by atoms with Gasteiger partial charge in [0.2, 0.25) is 0 Å². The van der Waals surface area contributed by atoms with Crippen molar-refractivity contribution >= 4 is 21.8 Å². The van der Waals surface area contributed by atoms with Crippen LogP contribution in [0.2, 0.25) is 0 Å². The Hall–Kier alpha value is -3.26. The number of rotatable bonds is 4. The fourth-order valence-electron chi connectivity index (χ4n) is 4.55. The lowest BCUT2D eigenvalue weighted by Gasteiger charge is -2.17. The molecule has 0 bridgehead atoms. The van der Waals surface area contributed by atoms with Crippen LogP contribution in [0, 0.1) is 0 Å². The van der Waals surface area contributed by atoms with Gasteiger partial charge in [-0.05, 0) is 35.2 Å². The molecule has 2 heteroatoms. The molecule has 2 aromatic heterocycles. The molecule has 1 unspecified atom stereocenters. The molecule has 0 fully saturated rings. The largest absolute Gasteiger partial charge is 0.350 e. The Balaban J connectivity index is 1.69. The summed E-state index contributed by atoms with van der Waals surface area (Å²) in [5.41, 5.74) is 6.75. The summed E-state index contributed by atoms with van der Waals surface area (Å²) in [7, 11) is 4.28. The molecule has 0 aliphatic carbocycles. The maximum absolute atomic E-state index is 2.31. The van der Waals surface area contributed by atoms with E-state index in [2.05, 4.69) is 114 Å². The van der Waals surface area contributed by atoms with Crippen LogP contribution in [-0.2, 0) is 20.5 Å². The molecule has 0 N–H and O–H groups in total. The Morgan fingerprint density at radius 2 is 1.21 bits per heavy atom. The van der Waals surface area contributed by atoms with Crippen LogP contribution in [0.5, 0.6) is 0 Å². The van der Waals surface area contributed by atoms with Crippen LogP contribution in [0.4, 0.5) is 0 Å². The lowest BCUT2D eigenvalue weighted by molar-refractivity contribution is 0.802. The zero-order valence-electron chi connectivity index (χ0n) is 16.3. The third kappa shape index (κ3) is 2.73. The van der Waals surface area contributed by atoms with Gasteiger partial charge in [-0.3, -0.25) is 0 Å². The first-order chi connectivity index (χ1) is 13.7. The van der Waals surface area contributed by atoms with Gasteiger partial charge in [-0.25, -0.2) is 0 Å². The number of aromatic nitrogens is 2. The van der Waals surface area contributed by atoms with Crippen molar-refractivity contribution in [3.05, 3.63) is 108 Å².